The van der Waals surface area contributed by atoms with Crippen LogP contribution in [-0.4, -0.2) is 15.3 Å². The fraction of sp³-hybridized carbons (Fsp3) is 0.545. The van der Waals surface area contributed by atoms with Crippen LogP contribution in [0.25, 0.3) is 0 Å². The van der Waals surface area contributed by atoms with E-state index < -0.39 is 0 Å². The van der Waals surface area contributed by atoms with Crippen LogP contribution in [0.4, 0.5) is 0 Å². The van der Waals surface area contributed by atoms with Gasteiger partial charge in [0.25, 0.3) is 0 Å². The number of carbonyl (C=O) groups is 1. The van der Waals surface area contributed by atoms with Gasteiger partial charge in [0.1, 0.15) is 17.7 Å². The van der Waals surface area contributed by atoms with E-state index in [1.54, 1.807) is 6.92 Å². The van der Waals surface area contributed by atoms with Crippen LogP contribution in [0.2, 0.25) is 0 Å². The van der Waals surface area contributed by atoms with Gasteiger partial charge < -0.3 is 4.57 Å². The number of fused-ring (bicyclic) bond motifs is 1. The molecule has 0 unspecified atom stereocenters. The number of carbonyl (C=O) groups excluding carboxylic acids is 1. The minimum atomic E-state index is 0.0952. The summed E-state index contributed by atoms with van der Waals surface area (Å²) in [5, 5.41) is 8.93. The lowest BCUT2D eigenvalue weighted by molar-refractivity contribution is -0.116. The fourth-order valence-electron chi connectivity index (χ4n) is 2.06. The van der Waals surface area contributed by atoms with Crippen LogP contribution in [0, 0.1) is 11.3 Å². The Hall–Kier alpha value is -1.63. The highest BCUT2D eigenvalue weighted by Gasteiger charge is 2.20. The molecule has 0 radical (unpaired) electrons. The van der Waals surface area contributed by atoms with Gasteiger partial charge in [0.15, 0.2) is 5.69 Å². The molecule has 0 bridgehead atoms. The molecule has 0 aromatic carbocycles. The van der Waals surface area contributed by atoms with E-state index in [1.807, 2.05) is 4.57 Å². The molecule has 0 N–H and O–H groups in total. The van der Waals surface area contributed by atoms with Crippen LogP contribution in [0.1, 0.15) is 37.0 Å². The summed E-state index contributed by atoms with van der Waals surface area (Å²) in [6.07, 6.45) is 3.47. The largest absolute Gasteiger partial charge is 0.330 e. The summed E-state index contributed by atoms with van der Waals surface area (Å²) in [7, 11) is 0. The minimum Gasteiger partial charge on any atom is -0.330 e. The van der Waals surface area contributed by atoms with Crippen molar-refractivity contribution in [1.29, 1.82) is 5.26 Å². The molecule has 2 rings (SSSR count). The standard InChI is InChI=1S/C11H13N3O/c1-8(15)6-11-13-9(7-12)10-4-2-3-5-14(10)11/h2-6H2,1H3. The average molecular weight is 203 g/mol. The highest BCUT2D eigenvalue weighted by atomic mass is 16.1. The van der Waals surface area contributed by atoms with Gasteiger partial charge in [-0.15, -0.1) is 0 Å². The molecule has 1 aromatic rings. The number of hydrogen-bond donors (Lipinski definition) is 0. The number of imidazole rings is 1. The summed E-state index contributed by atoms with van der Waals surface area (Å²) >= 11 is 0. The smallest absolute Gasteiger partial charge is 0.161 e. The number of hydrogen-bond acceptors (Lipinski definition) is 3. The Kier molecular flexibility index (Phi) is 2.55. The second kappa shape index (κ2) is 3.85. The quantitative estimate of drug-likeness (QED) is 0.726. The van der Waals surface area contributed by atoms with Crippen molar-refractivity contribution in [2.75, 3.05) is 0 Å². The van der Waals surface area contributed by atoms with Gasteiger partial charge >= 0.3 is 0 Å². The minimum absolute atomic E-state index is 0.0952. The van der Waals surface area contributed by atoms with Gasteiger partial charge in [0.2, 0.25) is 0 Å². The summed E-state index contributed by atoms with van der Waals surface area (Å²) < 4.78 is 2.05. The topological polar surface area (TPSA) is 58.7 Å². The van der Waals surface area contributed by atoms with Crippen LogP contribution in [0.5, 0.6) is 0 Å². The van der Waals surface area contributed by atoms with Crippen LogP contribution in [0.3, 0.4) is 0 Å². The summed E-state index contributed by atoms with van der Waals surface area (Å²) in [6.45, 7) is 2.45. The molecule has 0 atom stereocenters. The van der Waals surface area contributed by atoms with Gasteiger partial charge in [-0.3, -0.25) is 4.79 Å². The SMILES string of the molecule is CC(=O)Cc1nc(C#N)c2n1CCCC2. The molecule has 0 aliphatic carbocycles. The van der Waals surface area contributed by atoms with Crippen molar-refractivity contribution in [3.8, 4) is 6.07 Å². The van der Waals surface area contributed by atoms with E-state index in [0.29, 0.717) is 12.1 Å². The Labute approximate surface area is 88.5 Å². The van der Waals surface area contributed by atoms with Gasteiger partial charge in [0, 0.05) is 6.54 Å². The van der Waals surface area contributed by atoms with E-state index in [1.165, 1.54) is 0 Å². The third-order valence-corrected chi connectivity index (χ3v) is 2.71. The van der Waals surface area contributed by atoms with E-state index in [-0.39, 0.29) is 5.78 Å². The molecular formula is C11H13N3O. The summed E-state index contributed by atoms with van der Waals surface area (Å²) in [5.41, 5.74) is 1.52. The van der Waals surface area contributed by atoms with E-state index in [4.69, 9.17) is 5.26 Å². The van der Waals surface area contributed by atoms with Gasteiger partial charge in [0.05, 0.1) is 12.1 Å². The van der Waals surface area contributed by atoms with Crippen molar-refractivity contribution >= 4 is 5.78 Å². The zero-order chi connectivity index (χ0) is 10.8. The van der Waals surface area contributed by atoms with Crippen molar-refractivity contribution in [1.82, 2.24) is 9.55 Å². The van der Waals surface area contributed by atoms with E-state index in [0.717, 1.165) is 37.3 Å². The van der Waals surface area contributed by atoms with Gasteiger partial charge in [-0.05, 0) is 26.2 Å². The fourth-order valence-corrected chi connectivity index (χ4v) is 2.06. The maximum absolute atomic E-state index is 11.1. The Morgan fingerprint density at radius 1 is 1.60 bits per heavy atom. The molecule has 1 aromatic heterocycles. The number of nitriles is 1. The first kappa shape index (κ1) is 9.91. The number of nitrogens with zero attached hydrogens (tertiary/aromatic N) is 3. The third-order valence-electron chi connectivity index (χ3n) is 2.71. The molecule has 2 heterocycles. The van der Waals surface area contributed by atoms with Crippen molar-refractivity contribution < 1.29 is 4.79 Å². The second-order valence-corrected chi connectivity index (χ2v) is 3.92. The molecule has 4 nitrogen and oxygen atoms in total. The van der Waals surface area contributed by atoms with Gasteiger partial charge in [-0.2, -0.15) is 5.26 Å². The van der Waals surface area contributed by atoms with Crippen molar-refractivity contribution in [3.05, 3.63) is 17.2 Å². The Morgan fingerprint density at radius 2 is 2.40 bits per heavy atom. The predicted molar refractivity (Wildman–Crippen MR) is 54.3 cm³/mol. The summed E-state index contributed by atoms with van der Waals surface area (Å²) in [4.78, 5) is 15.3. The number of Topliss-reactive ketones (excluding diaryl/α,β-unsaturated/α-hetero) is 1. The molecule has 1 aliphatic heterocycles. The Morgan fingerprint density at radius 3 is 3.07 bits per heavy atom. The molecule has 0 amide bonds. The van der Waals surface area contributed by atoms with E-state index in [2.05, 4.69) is 11.1 Å². The van der Waals surface area contributed by atoms with Crippen LogP contribution in [-0.2, 0) is 24.2 Å². The molecule has 1 aliphatic rings. The van der Waals surface area contributed by atoms with Gasteiger partial charge in [-0.1, -0.05) is 0 Å². The lowest BCUT2D eigenvalue weighted by Gasteiger charge is -2.16. The Balaban J connectivity index is 2.43. The lowest BCUT2D eigenvalue weighted by atomic mass is 10.1. The first-order chi connectivity index (χ1) is 7.22. The van der Waals surface area contributed by atoms with Crippen LogP contribution in [0.15, 0.2) is 0 Å². The third kappa shape index (κ3) is 1.78. The molecule has 15 heavy (non-hydrogen) atoms. The maximum atomic E-state index is 11.1. The molecule has 78 valence electrons. The van der Waals surface area contributed by atoms with Crippen LogP contribution >= 0.6 is 0 Å². The highest BCUT2D eigenvalue weighted by molar-refractivity contribution is 5.77. The lowest BCUT2D eigenvalue weighted by Crippen LogP contribution is -2.14. The number of ketones is 1. The van der Waals surface area contributed by atoms with Crippen molar-refractivity contribution in [3.63, 3.8) is 0 Å². The number of aromatic nitrogens is 2. The average Bonchev–Trinajstić information content (AvgIpc) is 2.56. The van der Waals surface area contributed by atoms with Gasteiger partial charge in [-0.25, -0.2) is 4.98 Å². The summed E-state index contributed by atoms with van der Waals surface area (Å²) in [6, 6.07) is 2.11. The molecule has 0 saturated carbocycles. The maximum Gasteiger partial charge on any atom is 0.161 e. The normalized spacial score (nSPS) is 14.4. The van der Waals surface area contributed by atoms with E-state index >= 15 is 0 Å². The zero-order valence-electron chi connectivity index (χ0n) is 8.79. The summed E-state index contributed by atoms with van der Waals surface area (Å²) in [5.74, 6) is 0.853. The molecular weight excluding hydrogens is 190 g/mol. The molecule has 0 fully saturated rings. The highest BCUT2D eigenvalue weighted by Crippen LogP contribution is 2.20. The first-order valence-electron chi connectivity index (χ1n) is 5.20. The molecule has 4 heteroatoms. The number of rotatable bonds is 2. The molecule has 0 spiro atoms. The van der Waals surface area contributed by atoms with Crippen LogP contribution < -0.4 is 0 Å². The van der Waals surface area contributed by atoms with Crippen molar-refractivity contribution in [2.45, 2.75) is 39.2 Å². The van der Waals surface area contributed by atoms with E-state index in [9.17, 15) is 4.79 Å². The Bertz CT molecular complexity index is 439. The molecule has 0 saturated heterocycles. The zero-order valence-corrected chi connectivity index (χ0v) is 8.79. The predicted octanol–water partition coefficient (Wildman–Crippen LogP) is 1.22. The first-order valence-corrected chi connectivity index (χ1v) is 5.20. The second-order valence-electron chi connectivity index (χ2n) is 3.92. The monoisotopic (exact) mass is 203 g/mol. The van der Waals surface area contributed by atoms with Crippen molar-refractivity contribution in [2.24, 2.45) is 0 Å².